The van der Waals surface area contributed by atoms with Crippen LogP contribution >= 0.6 is 11.6 Å². The normalized spacial score (nSPS) is 22.0. The van der Waals surface area contributed by atoms with E-state index in [1.807, 2.05) is 0 Å². The molecule has 0 saturated carbocycles. The lowest BCUT2D eigenvalue weighted by molar-refractivity contribution is -0.0411. The van der Waals surface area contributed by atoms with Gasteiger partial charge in [0.15, 0.2) is 0 Å². The van der Waals surface area contributed by atoms with Crippen molar-refractivity contribution in [3.05, 3.63) is 34.9 Å². The molecule has 0 bridgehead atoms. The van der Waals surface area contributed by atoms with Gasteiger partial charge >= 0.3 is 0 Å². The van der Waals surface area contributed by atoms with Crippen LogP contribution in [0.4, 0.5) is 0 Å². The van der Waals surface area contributed by atoms with Gasteiger partial charge in [-0.15, -0.1) is 0 Å². The van der Waals surface area contributed by atoms with Crippen molar-refractivity contribution in [2.24, 2.45) is 0 Å². The molecule has 1 heterocycles. The predicted octanol–water partition coefficient (Wildman–Crippen LogP) is 2.24. The molecular weight excluding hydrogens is 274 g/mol. The second-order valence-electron chi connectivity index (χ2n) is 4.32. The molecule has 0 aromatic heterocycles. The van der Waals surface area contributed by atoms with Crippen LogP contribution in [0.5, 0.6) is 0 Å². The number of rotatable bonds is 3. The van der Waals surface area contributed by atoms with Gasteiger partial charge in [-0.2, -0.15) is 4.31 Å². The first-order valence-electron chi connectivity index (χ1n) is 5.84. The van der Waals surface area contributed by atoms with E-state index in [1.54, 1.807) is 31.2 Å². The van der Waals surface area contributed by atoms with Gasteiger partial charge in [0.2, 0.25) is 10.0 Å². The molecular formula is C12H16ClNO3S. The molecule has 1 fully saturated rings. The van der Waals surface area contributed by atoms with E-state index in [2.05, 4.69) is 0 Å². The first-order valence-corrected chi connectivity index (χ1v) is 7.83. The van der Waals surface area contributed by atoms with Gasteiger partial charge in [-0.05, 0) is 31.0 Å². The van der Waals surface area contributed by atoms with E-state index < -0.39 is 10.0 Å². The lowest BCUT2D eigenvalue weighted by Gasteiger charge is -2.32. The zero-order valence-corrected chi connectivity index (χ0v) is 11.7. The number of halogens is 1. The molecule has 1 saturated heterocycles. The van der Waals surface area contributed by atoms with Crippen LogP contribution in [0.3, 0.4) is 0 Å². The SMILES string of the molecule is CC1OCCCN1S(=O)(=O)Cc1ccc(Cl)cc1. The van der Waals surface area contributed by atoms with E-state index in [-0.39, 0.29) is 12.0 Å². The number of sulfonamides is 1. The number of nitrogens with zero attached hydrogens (tertiary/aromatic N) is 1. The van der Waals surface area contributed by atoms with Crippen LogP contribution in [0, 0.1) is 0 Å². The molecule has 1 aliphatic heterocycles. The molecule has 2 rings (SSSR count). The number of hydrogen-bond donors (Lipinski definition) is 0. The molecule has 0 aliphatic carbocycles. The van der Waals surface area contributed by atoms with Crippen molar-refractivity contribution >= 4 is 21.6 Å². The third-order valence-corrected chi connectivity index (χ3v) is 5.05. The second kappa shape index (κ2) is 5.57. The Kier molecular flexibility index (Phi) is 4.27. The minimum atomic E-state index is -3.33. The first kappa shape index (κ1) is 13.8. The van der Waals surface area contributed by atoms with Crippen LogP contribution in [0.25, 0.3) is 0 Å². The van der Waals surface area contributed by atoms with Gasteiger partial charge in [0, 0.05) is 18.2 Å². The Morgan fingerprint density at radius 2 is 2.06 bits per heavy atom. The molecule has 1 aromatic rings. The molecule has 4 nitrogen and oxygen atoms in total. The van der Waals surface area contributed by atoms with Gasteiger partial charge in [0.25, 0.3) is 0 Å². The number of benzene rings is 1. The summed E-state index contributed by atoms with van der Waals surface area (Å²) < 4.78 is 31.3. The Morgan fingerprint density at radius 1 is 1.39 bits per heavy atom. The van der Waals surface area contributed by atoms with E-state index in [0.717, 1.165) is 12.0 Å². The van der Waals surface area contributed by atoms with Crippen molar-refractivity contribution in [3.8, 4) is 0 Å². The summed E-state index contributed by atoms with van der Waals surface area (Å²) in [6.45, 7) is 2.91. The van der Waals surface area contributed by atoms with Gasteiger partial charge < -0.3 is 4.74 Å². The smallest absolute Gasteiger partial charge is 0.220 e. The summed E-state index contributed by atoms with van der Waals surface area (Å²) in [6, 6.07) is 6.86. The Balaban J connectivity index is 2.13. The summed E-state index contributed by atoms with van der Waals surface area (Å²) in [7, 11) is -3.33. The molecule has 0 N–H and O–H groups in total. The standard InChI is InChI=1S/C12H16ClNO3S/c1-10-14(7-2-8-17-10)18(15,16)9-11-3-5-12(13)6-4-11/h3-6,10H,2,7-9H2,1H3. The number of hydrogen-bond acceptors (Lipinski definition) is 3. The minimum Gasteiger partial charge on any atom is -0.362 e. The molecule has 1 aliphatic rings. The molecule has 18 heavy (non-hydrogen) atoms. The van der Waals surface area contributed by atoms with E-state index in [9.17, 15) is 8.42 Å². The van der Waals surface area contributed by atoms with Crippen LogP contribution in [0.15, 0.2) is 24.3 Å². The summed E-state index contributed by atoms with van der Waals surface area (Å²) in [4.78, 5) is 0. The van der Waals surface area contributed by atoms with Gasteiger partial charge in [-0.25, -0.2) is 8.42 Å². The fourth-order valence-electron chi connectivity index (χ4n) is 1.98. The zero-order chi connectivity index (χ0) is 13.2. The fourth-order valence-corrected chi connectivity index (χ4v) is 3.80. The quantitative estimate of drug-likeness (QED) is 0.857. The molecule has 0 amide bonds. The zero-order valence-electron chi connectivity index (χ0n) is 10.2. The molecule has 100 valence electrons. The van der Waals surface area contributed by atoms with Gasteiger partial charge in [0.05, 0.1) is 5.75 Å². The minimum absolute atomic E-state index is 0.0160. The highest BCUT2D eigenvalue weighted by atomic mass is 35.5. The van der Waals surface area contributed by atoms with Crippen molar-refractivity contribution < 1.29 is 13.2 Å². The largest absolute Gasteiger partial charge is 0.362 e. The lowest BCUT2D eigenvalue weighted by atomic mass is 10.2. The molecule has 6 heteroatoms. The Hall–Kier alpha value is -0.620. The van der Waals surface area contributed by atoms with Crippen LogP contribution in [-0.4, -0.2) is 32.1 Å². The van der Waals surface area contributed by atoms with Crippen molar-refractivity contribution in [2.75, 3.05) is 13.2 Å². The fraction of sp³-hybridized carbons (Fsp3) is 0.500. The van der Waals surface area contributed by atoms with Gasteiger partial charge in [-0.3, -0.25) is 0 Å². The molecule has 1 unspecified atom stereocenters. The first-order chi connectivity index (χ1) is 8.49. The van der Waals surface area contributed by atoms with Crippen molar-refractivity contribution in [2.45, 2.75) is 25.3 Å². The number of ether oxygens (including phenoxy) is 1. The van der Waals surface area contributed by atoms with Crippen LogP contribution in [0.1, 0.15) is 18.9 Å². The van der Waals surface area contributed by atoms with Crippen LogP contribution < -0.4 is 0 Å². The predicted molar refractivity (Wildman–Crippen MR) is 70.8 cm³/mol. The molecule has 0 radical (unpaired) electrons. The topological polar surface area (TPSA) is 46.6 Å². The molecule has 1 atom stereocenters. The second-order valence-corrected chi connectivity index (χ2v) is 6.68. The maximum atomic E-state index is 12.3. The maximum absolute atomic E-state index is 12.3. The summed E-state index contributed by atoms with van der Waals surface area (Å²) in [6.07, 6.45) is 0.362. The van der Waals surface area contributed by atoms with Gasteiger partial charge in [-0.1, -0.05) is 23.7 Å². The third-order valence-electron chi connectivity index (χ3n) is 2.91. The molecule has 1 aromatic carbocycles. The van der Waals surface area contributed by atoms with E-state index in [4.69, 9.17) is 16.3 Å². The third kappa shape index (κ3) is 3.23. The van der Waals surface area contributed by atoms with Crippen LogP contribution in [-0.2, 0) is 20.5 Å². The van der Waals surface area contributed by atoms with Crippen molar-refractivity contribution in [1.82, 2.24) is 4.31 Å². The van der Waals surface area contributed by atoms with E-state index in [0.29, 0.717) is 18.2 Å². The molecule has 0 spiro atoms. The Labute approximate surface area is 113 Å². The van der Waals surface area contributed by atoms with Crippen molar-refractivity contribution in [3.63, 3.8) is 0 Å². The average Bonchev–Trinajstić information content (AvgIpc) is 2.32. The Bertz CT molecular complexity index is 501. The van der Waals surface area contributed by atoms with Crippen LogP contribution in [0.2, 0.25) is 5.02 Å². The summed E-state index contributed by atoms with van der Waals surface area (Å²) >= 11 is 5.77. The van der Waals surface area contributed by atoms with E-state index >= 15 is 0 Å². The summed E-state index contributed by atoms with van der Waals surface area (Å²) in [5.74, 6) is -0.0160. The monoisotopic (exact) mass is 289 g/mol. The van der Waals surface area contributed by atoms with E-state index in [1.165, 1.54) is 4.31 Å². The highest BCUT2D eigenvalue weighted by Gasteiger charge is 2.30. The van der Waals surface area contributed by atoms with Crippen molar-refractivity contribution in [1.29, 1.82) is 0 Å². The lowest BCUT2D eigenvalue weighted by Crippen LogP contribution is -2.45. The summed E-state index contributed by atoms with van der Waals surface area (Å²) in [5, 5.41) is 0.603. The van der Waals surface area contributed by atoms with Gasteiger partial charge in [0.1, 0.15) is 6.23 Å². The Morgan fingerprint density at radius 3 is 2.67 bits per heavy atom. The highest BCUT2D eigenvalue weighted by Crippen LogP contribution is 2.19. The highest BCUT2D eigenvalue weighted by molar-refractivity contribution is 7.88. The summed E-state index contributed by atoms with van der Waals surface area (Å²) in [5.41, 5.74) is 0.733. The average molecular weight is 290 g/mol. The maximum Gasteiger partial charge on any atom is 0.220 e.